The van der Waals surface area contributed by atoms with Crippen LogP contribution in [0, 0.1) is 5.92 Å². The average Bonchev–Trinajstić information content (AvgIpc) is 3.10. The minimum absolute atomic E-state index is 0.00413. The molecule has 5 heteroatoms. The Morgan fingerprint density at radius 2 is 1.78 bits per heavy atom. The van der Waals surface area contributed by atoms with Gasteiger partial charge in [-0.1, -0.05) is 36.4 Å². The molecule has 0 spiro atoms. The van der Waals surface area contributed by atoms with Crippen LogP contribution in [0.3, 0.4) is 0 Å². The van der Waals surface area contributed by atoms with Crippen LogP contribution in [0.4, 0.5) is 5.69 Å². The maximum absolute atomic E-state index is 13.0. The first-order valence-corrected chi connectivity index (χ1v) is 9.47. The summed E-state index contributed by atoms with van der Waals surface area (Å²) in [5, 5.41) is 0.933. The van der Waals surface area contributed by atoms with Crippen molar-refractivity contribution in [3.8, 4) is 0 Å². The molecule has 1 saturated heterocycles. The standard InChI is InChI=1S/C22H21N3O2/c26-21(25-11-5-7-15-6-1-4-10-20(15)25)16-13-24(14-16)22(27)18-12-23-19-9-3-2-8-17(18)19/h1-4,6,8-10,12,16,23H,5,7,11,13-14H2. The van der Waals surface area contributed by atoms with Gasteiger partial charge < -0.3 is 14.8 Å². The summed E-state index contributed by atoms with van der Waals surface area (Å²) < 4.78 is 0. The van der Waals surface area contributed by atoms with Crippen LogP contribution in [-0.2, 0) is 11.2 Å². The van der Waals surface area contributed by atoms with E-state index in [9.17, 15) is 9.59 Å². The molecule has 1 aromatic heterocycles. The molecule has 27 heavy (non-hydrogen) atoms. The Morgan fingerprint density at radius 3 is 2.67 bits per heavy atom. The number of rotatable bonds is 2. The van der Waals surface area contributed by atoms with Gasteiger partial charge in [0.2, 0.25) is 5.91 Å². The number of para-hydroxylation sites is 2. The van der Waals surface area contributed by atoms with Crippen molar-refractivity contribution in [2.45, 2.75) is 12.8 Å². The van der Waals surface area contributed by atoms with Gasteiger partial charge in [-0.2, -0.15) is 0 Å². The first-order chi connectivity index (χ1) is 13.2. The van der Waals surface area contributed by atoms with Crippen LogP contribution in [0.1, 0.15) is 22.3 Å². The number of carbonyl (C=O) groups is 2. The molecule has 0 saturated carbocycles. The van der Waals surface area contributed by atoms with Crippen molar-refractivity contribution in [1.82, 2.24) is 9.88 Å². The number of hydrogen-bond donors (Lipinski definition) is 1. The summed E-state index contributed by atoms with van der Waals surface area (Å²) in [5.41, 5.74) is 3.91. The minimum Gasteiger partial charge on any atom is -0.360 e. The fourth-order valence-electron chi connectivity index (χ4n) is 4.20. The molecule has 2 aromatic carbocycles. The molecule has 2 amide bonds. The fourth-order valence-corrected chi connectivity index (χ4v) is 4.20. The first-order valence-electron chi connectivity index (χ1n) is 9.47. The minimum atomic E-state index is -0.106. The number of likely N-dealkylation sites (tertiary alicyclic amines) is 1. The van der Waals surface area contributed by atoms with Crippen LogP contribution in [-0.4, -0.2) is 41.3 Å². The molecule has 1 fully saturated rings. The number of anilines is 1. The molecule has 0 radical (unpaired) electrons. The van der Waals surface area contributed by atoms with Gasteiger partial charge in [0, 0.05) is 42.4 Å². The second kappa shape index (κ2) is 6.27. The van der Waals surface area contributed by atoms with Crippen molar-refractivity contribution in [3.63, 3.8) is 0 Å². The third-order valence-corrected chi connectivity index (χ3v) is 5.71. The average molecular weight is 359 g/mol. The quantitative estimate of drug-likeness (QED) is 0.764. The van der Waals surface area contributed by atoms with Crippen LogP contribution >= 0.6 is 0 Å². The predicted octanol–water partition coefficient (Wildman–Crippen LogP) is 3.22. The maximum Gasteiger partial charge on any atom is 0.256 e. The van der Waals surface area contributed by atoms with E-state index in [2.05, 4.69) is 11.1 Å². The zero-order valence-corrected chi connectivity index (χ0v) is 15.0. The summed E-state index contributed by atoms with van der Waals surface area (Å²) in [6.07, 6.45) is 3.78. The summed E-state index contributed by atoms with van der Waals surface area (Å²) in [6.45, 7) is 1.76. The number of aryl methyl sites for hydroxylation is 1. The lowest BCUT2D eigenvalue weighted by atomic mass is 9.94. The highest BCUT2D eigenvalue weighted by molar-refractivity contribution is 6.08. The largest absolute Gasteiger partial charge is 0.360 e. The summed E-state index contributed by atoms with van der Waals surface area (Å²) in [5.74, 6) is 0.0333. The van der Waals surface area contributed by atoms with Crippen molar-refractivity contribution < 1.29 is 9.59 Å². The number of aromatic nitrogens is 1. The summed E-state index contributed by atoms with van der Waals surface area (Å²) in [6, 6.07) is 15.9. The van der Waals surface area contributed by atoms with E-state index in [-0.39, 0.29) is 17.7 Å². The molecule has 136 valence electrons. The molecule has 5 nitrogen and oxygen atoms in total. The van der Waals surface area contributed by atoms with Crippen LogP contribution in [0.2, 0.25) is 0 Å². The molecule has 5 rings (SSSR count). The lowest BCUT2D eigenvalue weighted by Crippen LogP contribution is -2.57. The smallest absolute Gasteiger partial charge is 0.256 e. The summed E-state index contributed by atoms with van der Waals surface area (Å²) in [4.78, 5) is 32.6. The van der Waals surface area contributed by atoms with E-state index < -0.39 is 0 Å². The van der Waals surface area contributed by atoms with Gasteiger partial charge >= 0.3 is 0 Å². The molecule has 3 aromatic rings. The van der Waals surface area contributed by atoms with Crippen molar-refractivity contribution >= 4 is 28.4 Å². The van der Waals surface area contributed by atoms with Gasteiger partial charge in [-0.15, -0.1) is 0 Å². The number of fused-ring (bicyclic) bond motifs is 2. The van der Waals surface area contributed by atoms with Gasteiger partial charge in [0.05, 0.1) is 11.5 Å². The third kappa shape index (κ3) is 2.62. The van der Waals surface area contributed by atoms with E-state index in [0.717, 1.165) is 36.0 Å². The molecular formula is C22H21N3O2. The zero-order chi connectivity index (χ0) is 18.4. The number of aromatic amines is 1. The number of carbonyl (C=O) groups excluding carboxylic acids is 2. The molecule has 0 atom stereocenters. The highest BCUT2D eigenvalue weighted by Crippen LogP contribution is 2.31. The maximum atomic E-state index is 13.0. The second-order valence-corrected chi connectivity index (χ2v) is 7.38. The van der Waals surface area contributed by atoms with Gasteiger partial charge in [0.25, 0.3) is 5.91 Å². The fraction of sp³-hybridized carbons (Fsp3) is 0.273. The van der Waals surface area contributed by atoms with E-state index >= 15 is 0 Å². The predicted molar refractivity (Wildman–Crippen MR) is 105 cm³/mol. The Balaban J connectivity index is 1.30. The molecule has 0 unspecified atom stereocenters. The number of hydrogen-bond acceptors (Lipinski definition) is 2. The van der Waals surface area contributed by atoms with E-state index in [1.54, 1.807) is 11.1 Å². The molecule has 3 heterocycles. The van der Waals surface area contributed by atoms with E-state index in [1.165, 1.54) is 5.56 Å². The first kappa shape index (κ1) is 16.1. The van der Waals surface area contributed by atoms with Crippen molar-refractivity contribution in [2.75, 3.05) is 24.5 Å². The Bertz CT molecular complexity index is 1030. The van der Waals surface area contributed by atoms with Crippen molar-refractivity contribution in [2.24, 2.45) is 5.92 Å². The third-order valence-electron chi connectivity index (χ3n) is 5.71. The molecular weight excluding hydrogens is 338 g/mol. The van der Waals surface area contributed by atoms with Gasteiger partial charge in [0.1, 0.15) is 0 Å². The molecule has 1 N–H and O–H groups in total. The molecule has 2 aliphatic rings. The van der Waals surface area contributed by atoms with Crippen molar-refractivity contribution in [1.29, 1.82) is 0 Å². The van der Waals surface area contributed by atoms with Gasteiger partial charge in [0.15, 0.2) is 0 Å². The topological polar surface area (TPSA) is 56.4 Å². The summed E-state index contributed by atoms with van der Waals surface area (Å²) in [7, 11) is 0. The van der Waals surface area contributed by atoms with Crippen LogP contribution in [0.25, 0.3) is 10.9 Å². The molecule has 0 bridgehead atoms. The van der Waals surface area contributed by atoms with Gasteiger partial charge in [-0.05, 0) is 30.5 Å². The lowest BCUT2D eigenvalue weighted by molar-refractivity contribution is -0.126. The van der Waals surface area contributed by atoms with Crippen LogP contribution in [0.5, 0.6) is 0 Å². The number of amides is 2. The Morgan fingerprint density at radius 1 is 1.00 bits per heavy atom. The highest BCUT2D eigenvalue weighted by Gasteiger charge is 2.39. The number of nitrogens with one attached hydrogen (secondary N) is 1. The Labute approximate surface area is 157 Å². The van der Waals surface area contributed by atoms with E-state index in [0.29, 0.717) is 18.7 Å². The second-order valence-electron chi connectivity index (χ2n) is 7.38. The number of H-pyrrole nitrogens is 1. The monoisotopic (exact) mass is 359 g/mol. The highest BCUT2D eigenvalue weighted by atomic mass is 16.2. The molecule has 2 aliphatic heterocycles. The van der Waals surface area contributed by atoms with Crippen LogP contribution < -0.4 is 4.90 Å². The van der Waals surface area contributed by atoms with Gasteiger partial charge in [-0.3, -0.25) is 9.59 Å². The SMILES string of the molecule is O=C(c1c[nH]c2ccccc12)N1CC(C(=O)N2CCCc3ccccc32)C1. The Kier molecular flexibility index (Phi) is 3.74. The Hall–Kier alpha value is -3.08. The lowest BCUT2D eigenvalue weighted by Gasteiger charge is -2.41. The van der Waals surface area contributed by atoms with E-state index in [4.69, 9.17) is 0 Å². The number of benzene rings is 2. The number of nitrogens with zero attached hydrogens (tertiary/aromatic N) is 2. The van der Waals surface area contributed by atoms with Gasteiger partial charge in [-0.25, -0.2) is 0 Å². The normalized spacial score (nSPS) is 16.9. The summed E-state index contributed by atoms with van der Waals surface area (Å²) >= 11 is 0. The van der Waals surface area contributed by atoms with Crippen molar-refractivity contribution in [3.05, 3.63) is 65.9 Å². The zero-order valence-electron chi connectivity index (χ0n) is 15.0. The molecule has 0 aliphatic carbocycles. The van der Waals surface area contributed by atoms with Crippen LogP contribution in [0.15, 0.2) is 54.7 Å². The van der Waals surface area contributed by atoms with E-state index in [1.807, 2.05) is 47.4 Å².